The van der Waals surface area contributed by atoms with Crippen molar-refractivity contribution in [2.75, 3.05) is 27.4 Å². The highest BCUT2D eigenvalue weighted by molar-refractivity contribution is 7.44. The Bertz CT molecular complexity index is 2080. The number of nitrogens with one attached hydrogen (secondary N) is 1. The normalized spacial score (nSPS) is 19.1. The average Bonchev–Trinajstić information content (AvgIpc) is 3.53. The third-order valence-electron chi connectivity index (χ3n) is 11.2. The molecular weight excluding hydrogens is 800 g/mol. The van der Waals surface area contributed by atoms with E-state index in [2.05, 4.69) is 77.3 Å². The highest BCUT2D eigenvalue weighted by Gasteiger charge is 2.54. The van der Waals surface area contributed by atoms with Gasteiger partial charge in [0.1, 0.15) is 35.4 Å². The molecule has 0 aliphatic carbocycles. The molecule has 0 spiro atoms. The standard InChI is InChI=1S/C45H61N4O9PSi/c1-31(2)49(32(3)4)59(55-29-15-27-46)57-40-38(56-42(48-28-26-39(50)47-43(48)51)41(40)58-60(10,11)44(5,6)7)30-54-45(33-16-13-12-14-17-33,34-18-22-36(52-8)23-19-34)35-20-24-37(53-9)25-21-35/h12-14,16-26,28,31-32,38,40-42H,15,29-30H2,1-11H3,(H,47,50,51)/t38-,40+,41-,42-,59?/m1/s1. The van der Waals surface area contributed by atoms with Gasteiger partial charge in [-0.3, -0.25) is 14.3 Å². The molecule has 4 aromatic rings. The van der Waals surface area contributed by atoms with Crippen LogP contribution in [0, 0.1) is 11.3 Å². The van der Waals surface area contributed by atoms with Crippen molar-refractivity contribution in [3.63, 3.8) is 0 Å². The van der Waals surface area contributed by atoms with Crippen molar-refractivity contribution >= 4 is 16.8 Å². The van der Waals surface area contributed by atoms with Crippen LogP contribution in [0.2, 0.25) is 18.1 Å². The maximum atomic E-state index is 13.6. The molecule has 0 amide bonds. The fourth-order valence-corrected chi connectivity index (χ4v) is 10.2. The molecular formula is C45H61N4O9PSi. The van der Waals surface area contributed by atoms with Crippen LogP contribution >= 0.6 is 8.53 Å². The smallest absolute Gasteiger partial charge is 0.330 e. The van der Waals surface area contributed by atoms with Gasteiger partial charge in [-0.05, 0) is 86.8 Å². The van der Waals surface area contributed by atoms with Gasteiger partial charge >= 0.3 is 5.69 Å². The van der Waals surface area contributed by atoms with Gasteiger partial charge in [-0.2, -0.15) is 5.26 Å². The van der Waals surface area contributed by atoms with E-state index in [-0.39, 0.29) is 36.8 Å². The van der Waals surface area contributed by atoms with Crippen LogP contribution in [0.1, 0.15) is 77.8 Å². The molecule has 1 fully saturated rings. The number of methoxy groups -OCH3 is 2. The first-order chi connectivity index (χ1) is 28.5. The Morgan fingerprint density at radius 2 is 1.40 bits per heavy atom. The molecule has 1 N–H and O–H groups in total. The molecule has 5 atom stereocenters. The topological polar surface area (TPSA) is 147 Å². The summed E-state index contributed by atoms with van der Waals surface area (Å²) in [6.07, 6.45) is -2.01. The molecule has 2 heterocycles. The molecule has 1 aliphatic rings. The number of benzene rings is 3. The van der Waals surface area contributed by atoms with Crippen molar-refractivity contribution < 1.29 is 32.4 Å². The van der Waals surface area contributed by atoms with Gasteiger partial charge in [0.25, 0.3) is 14.1 Å². The fourth-order valence-electron chi connectivity index (χ4n) is 7.14. The Morgan fingerprint density at radius 3 is 1.88 bits per heavy atom. The van der Waals surface area contributed by atoms with E-state index in [4.69, 9.17) is 32.4 Å². The molecule has 324 valence electrons. The van der Waals surface area contributed by atoms with Gasteiger partial charge < -0.3 is 32.4 Å². The van der Waals surface area contributed by atoms with Crippen molar-refractivity contribution in [2.24, 2.45) is 0 Å². The zero-order valence-electron chi connectivity index (χ0n) is 36.7. The Labute approximate surface area is 356 Å². The predicted octanol–water partition coefficient (Wildman–Crippen LogP) is 8.51. The van der Waals surface area contributed by atoms with Crippen molar-refractivity contribution in [1.29, 1.82) is 5.26 Å². The first kappa shape index (κ1) is 46.9. The van der Waals surface area contributed by atoms with Crippen molar-refractivity contribution in [2.45, 2.75) is 115 Å². The Balaban J connectivity index is 1.73. The van der Waals surface area contributed by atoms with Gasteiger partial charge in [-0.1, -0.05) is 75.4 Å². The number of hydrogen-bond acceptors (Lipinski definition) is 11. The van der Waals surface area contributed by atoms with Crippen molar-refractivity contribution in [3.8, 4) is 17.6 Å². The molecule has 1 aliphatic heterocycles. The van der Waals surface area contributed by atoms with Crippen LogP contribution < -0.4 is 20.7 Å². The van der Waals surface area contributed by atoms with E-state index in [1.165, 1.54) is 16.8 Å². The lowest BCUT2D eigenvalue weighted by Gasteiger charge is -2.42. The van der Waals surface area contributed by atoms with Crippen LogP contribution in [0.5, 0.6) is 11.5 Å². The highest BCUT2D eigenvalue weighted by atomic mass is 31.2. The number of ether oxygens (including phenoxy) is 4. The molecule has 1 saturated heterocycles. The summed E-state index contributed by atoms with van der Waals surface area (Å²) in [4.78, 5) is 28.4. The molecule has 60 heavy (non-hydrogen) atoms. The maximum Gasteiger partial charge on any atom is 0.330 e. The van der Waals surface area contributed by atoms with Gasteiger partial charge in [0.15, 0.2) is 14.5 Å². The summed E-state index contributed by atoms with van der Waals surface area (Å²) in [5, 5.41) is 9.26. The van der Waals surface area contributed by atoms with Gasteiger partial charge in [-0.15, -0.1) is 0 Å². The summed E-state index contributed by atoms with van der Waals surface area (Å²) in [6, 6.07) is 29.0. The minimum Gasteiger partial charge on any atom is -0.497 e. The van der Waals surface area contributed by atoms with Crippen LogP contribution in [-0.2, 0) is 28.5 Å². The summed E-state index contributed by atoms with van der Waals surface area (Å²) in [7, 11) is -1.20. The molecule has 3 aromatic carbocycles. The number of aromatic nitrogens is 2. The van der Waals surface area contributed by atoms with E-state index in [1.54, 1.807) is 14.2 Å². The average molecular weight is 861 g/mol. The van der Waals surface area contributed by atoms with Crippen molar-refractivity contribution in [3.05, 3.63) is 129 Å². The maximum absolute atomic E-state index is 13.6. The second-order valence-electron chi connectivity index (χ2n) is 16.9. The van der Waals surface area contributed by atoms with Gasteiger partial charge in [0.2, 0.25) is 0 Å². The molecule has 1 aromatic heterocycles. The monoisotopic (exact) mass is 860 g/mol. The summed E-state index contributed by atoms with van der Waals surface area (Å²) in [6.45, 7) is 19.1. The summed E-state index contributed by atoms with van der Waals surface area (Å²) >= 11 is 0. The van der Waals surface area contributed by atoms with Gasteiger partial charge in [-0.25, -0.2) is 9.46 Å². The molecule has 0 bridgehead atoms. The number of H-pyrrole nitrogens is 1. The predicted molar refractivity (Wildman–Crippen MR) is 236 cm³/mol. The van der Waals surface area contributed by atoms with E-state index in [0.717, 1.165) is 16.7 Å². The Morgan fingerprint density at radius 1 is 0.850 bits per heavy atom. The quantitative estimate of drug-likeness (QED) is 0.0419. The number of nitriles is 1. The van der Waals surface area contributed by atoms with Gasteiger partial charge in [0.05, 0.1) is 39.9 Å². The van der Waals surface area contributed by atoms with Crippen LogP contribution in [0.25, 0.3) is 0 Å². The number of rotatable bonds is 19. The van der Waals surface area contributed by atoms with Gasteiger partial charge in [0, 0.05) is 24.3 Å². The van der Waals surface area contributed by atoms with Crippen LogP contribution in [0.3, 0.4) is 0 Å². The SMILES string of the molecule is COc1ccc(C(OC[C@H]2O[C@@H](n3ccc(=O)[nH]c3=O)[C@H](O[Si](C)(C)C(C)(C)C)[C@H]2OP(OCCC#N)N(C(C)C)C(C)C)(c2ccccc2)c2ccc(OC)cc2)cc1. The zero-order chi connectivity index (χ0) is 43.8. The summed E-state index contributed by atoms with van der Waals surface area (Å²) in [5.41, 5.74) is 0.119. The second kappa shape index (κ2) is 20.1. The third kappa shape index (κ3) is 10.5. The van der Waals surface area contributed by atoms with Crippen molar-refractivity contribution in [1.82, 2.24) is 14.2 Å². The first-order valence-corrected chi connectivity index (χ1v) is 24.4. The largest absolute Gasteiger partial charge is 0.497 e. The first-order valence-electron chi connectivity index (χ1n) is 20.4. The lowest BCUT2D eigenvalue weighted by molar-refractivity contribution is -0.0943. The van der Waals surface area contributed by atoms with E-state index >= 15 is 0 Å². The minimum absolute atomic E-state index is 0.00321. The minimum atomic E-state index is -2.64. The second-order valence-corrected chi connectivity index (χ2v) is 23.0. The lowest BCUT2D eigenvalue weighted by atomic mass is 9.80. The molecule has 5 rings (SSSR count). The van der Waals surface area contributed by atoms with E-state index < -0.39 is 58.2 Å². The fraction of sp³-hybridized carbons (Fsp3) is 0.489. The molecule has 0 radical (unpaired) electrons. The molecule has 1 unspecified atom stereocenters. The van der Waals surface area contributed by atoms with Crippen LogP contribution in [-0.4, -0.2) is 80.4 Å². The van der Waals surface area contributed by atoms with Crippen LogP contribution in [0.4, 0.5) is 0 Å². The number of aromatic amines is 1. The molecule has 13 nitrogen and oxygen atoms in total. The third-order valence-corrected chi connectivity index (χ3v) is 17.8. The number of hydrogen-bond donors (Lipinski definition) is 1. The van der Waals surface area contributed by atoms with Crippen LogP contribution in [0.15, 0.2) is 101 Å². The number of nitrogens with zero attached hydrogens (tertiary/aromatic N) is 3. The van der Waals surface area contributed by atoms with E-state index in [9.17, 15) is 14.9 Å². The Hall–Kier alpha value is -4.16. The molecule has 0 saturated carbocycles. The Kier molecular flexibility index (Phi) is 15.7. The van der Waals surface area contributed by atoms with E-state index in [1.807, 2.05) is 78.9 Å². The summed E-state index contributed by atoms with van der Waals surface area (Å²) < 4.78 is 50.0. The zero-order valence-corrected chi connectivity index (χ0v) is 38.6. The van der Waals surface area contributed by atoms with E-state index in [0.29, 0.717) is 11.5 Å². The summed E-state index contributed by atoms with van der Waals surface area (Å²) in [5.74, 6) is 1.37. The lowest BCUT2D eigenvalue weighted by Crippen LogP contribution is -2.50. The highest BCUT2D eigenvalue weighted by Crippen LogP contribution is 2.52. The molecule has 15 heteroatoms.